The van der Waals surface area contributed by atoms with Crippen LogP contribution in [0.1, 0.15) is 22.3 Å². The van der Waals surface area contributed by atoms with Gasteiger partial charge in [0.2, 0.25) is 0 Å². The Balaban J connectivity index is 1.68. The highest BCUT2D eigenvalue weighted by molar-refractivity contribution is 5.89. The summed E-state index contributed by atoms with van der Waals surface area (Å²) < 4.78 is 0. The number of aryl methyl sites for hydroxylation is 4. The zero-order valence-electron chi connectivity index (χ0n) is 24.8. The van der Waals surface area contributed by atoms with Gasteiger partial charge in [-0.3, -0.25) is 0 Å². The van der Waals surface area contributed by atoms with E-state index in [1.807, 2.05) is 0 Å². The van der Waals surface area contributed by atoms with Crippen LogP contribution in [0.5, 0.6) is 0 Å². The molecule has 0 amide bonds. The summed E-state index contributed by atoms with van der Waals surface area (Å²) in [4.78, 5) is 4.82. The van der Waals surface area contributed by atoms with Gasteiger partial charge < -0.3 is 9.80 Å². The Morgan fingerprint density at radius 2 is 0.619 bits per heavy atom. The van der Waals surface area contributed by atoms with Crippen molar-refractivity contribution < 1.29 is 0 Å². The SMILES string of the molecule is Cc1ccccc1N(c1cc(-c2ccccc2)cc(N(c2ccccc2C)c2ccccc2C)c1)c1ccccc1C. The second-order valence-corrected chi connectivity index (χ2v) is 10.9. The molecule has 0 spiro atoms. The van der Waals surface area contributed by atoms with Gasteiger partial charge in [0.15, 0.2) is 0 Å². The molecule has 0 N–H and O–H groups in total. The molecule has 0 radical (unpaired) electrons. The molecule has 0 aliphatic carbocycles. The third-order valence-electron chi connectivity index (χ3n) is 7.95. The average Bonchev–Trinajstić information content (AvgIpc) is 3.01. The number of hydrogen-bond donors (Lipinski definition) is 0. The molecule has 2 heteroatoms. The number of rotatable bonds is 7. The van der Waals surface area contributed by atoms with E-state index in [4.69, 9.17) is 0 Å². The topological polar surface area (TPSA) is 6.48 Å². The van der Waals surface area contributed by atoms with Crippen LogP contribution in [0.4, 0.5) is 34.1 Å². The minimum Gasteiger partial charge on any atom is -0.310 e. The highest BCUT2D eigenvalue weighted by Gasteiger charge is 2.22. The lowest BCUT2D eigenvalue weighted by molar-refractivity contribution is 1.20. The van der Waals surface area contributed by atoms with Crippen molar-refractivity contribution in [2.75, 3.05) is 9.80 Å². The summed E-state index contributed by atoms with van der Waals surface area (Å²) in [5.41, 5.74) is 14.1. The lowest BCUT2D eigenvalue weighted by Gasteiger charge is -2.32. The van der Waals surface area contributed by atoms with Gasteiger partial charge in [-0.2, -0.15) is 0 Å². The molecule has 0 heterocycles. The molecule has 42 heavy (non-hydrogen) atoms. The highest BCUT2D eigenvalue weighted by atomic mass is 15.2. The molecular weight excluding hydrogens is 508 g/mol. The van der Waals surface area contributed by atoms with Crippen molar-refractivity contribution in [1.82, 2.24) is 0 Å². The Hall–Kier alpha value is -5.08. The maximum atomic E-state index is 2.41. The van der Waals surface area contributed by atoms with Crippen LogP contribution in [0.25, 0.3) is 11.1 Å². The quantitative estimate of drug-likeness (QED) is 0.197. The van der Waals surface area contributed by atoms with Crippen LogP contribution in [0.3, 0.4) is 0 Å². The van der Waals surface area contributed by atoms with Gasteiger partial charge in [-0.25, -0.2) is 0 Å². The summed E-state index contributed by atoms with van der Waals surface area (Å²) in [5.74, 6) is 0. The van der Waals surface area contributed by atoms with Crippen LogP contribution in [-0.2, 0) is 0 Å². The van der Waals surface area contributed by atoms with Crippen LogP contribution in [0.15, 0.2) is 146 Å². The zero-order chi connectivity index (χ0) is 29.1. The number of para-hydroxylation sites is 4. The summed E-state index contributed by atoms with van der Waals surface area (Å²) in [5, 5.41) is 0. The third-order valence-corrected chi connectivity index (χ3v) is 7.95. The Labute approximate surface area is 250 Å². The van der Waals surface area contributed by atoms with E-state index < -0.39 is 0 Å². The van der Waals surface area contributed by atoms with Crippen LogP contribution >= 0.6 is 0 Å². The number of hydrogen-bond acceptors (Lipinski definition) is 2. The van der Waals surface area contributed by atoms with Crippen molar-refractivity contribution >= 4 is 34.1 Å². The van der Waals surface area contributed by atoms with E-state index in [1.54, 1.807) is 0 Å². The predicted molar refractivity (Wildman–Crippen MR) is 180 cm³/mol. The molecule has 2 nitrogen and oxygen atoms in total. The van der Waals surface area contributed by atoms with Crippen molar-refractivity contribution in [3.05, 3.63) is 168 Å². The first-order valence-electron chi connectivity index (χ1n) is 14.5. The van der Waals surface area contributed by atoms with Gasteiger partial charge in [0.05, 0.1) is 0 Å². The van der Waals surface area contributed by atoms with E-state index in [0.29, 0.717) is 0 Å². The average molecular weight is 545 g/mol. The Morgan fingerprint density at radius 1 is 0.310 bits per heavy atom. The summed E-state index contributed by atoms with van der Waals surface area (Å²) in [6, 6.07) is 52.3. The van der Waals surface area contributed by atoms with Crippen LogP contribution in [0, 0.1) is 27.7 Å². The molecule has 0 aliphatic heterocycles. The minimum atomic E-state index is 1.11. The van der Waals surface area contributed by atoms with Crippen LogP contribution < -0.4 is 9.80 Å². The van der Waals surface area contributed by atoms with Crippen molar-refractivity contribution in [3.63, 3.8) is 0 Å². The summed E-state index contributed by atoms with van der Waals surface area (Å²) in [6.45, 7) is 8.76. The predicted octanol–water partition coefficient (Wildman–Crippen LogP) is 11.5. The molecule has 6 aromatic rings. The van der Waals surface area contributed by atoms with Gasteiger partial charge in [0, 0.05) is 34.1 Å². The number of nitrogens with zero attached hydrogens (tertiary/aromatic N) is 2. The first-order valence-corrected chi connectivity index (χ1v) is 14.5. The first-order chi connectivity index (χ1) is 20.5. The Morgan fingerprint density at radius 3 is 0.952 bits per heavy atom. The molecule has 0 bridgehead atoms. The molecule has 0 saturated heterocycles. The zero-order valence-corrected chi connectivity index (χ0v) is 24.8. The fraction of sp³-hybridized carbons (Fsp3) is 0.100. The molecule has 0 saturated carbocycles. The van der Waals surface area contributed by atoms with E-state index >= 15 is 0 Å². The normalized spacial score (nSPS) is 10.9. The maximum Gasteiger partial charge on any atom is 0.0490 e. The van der Waals surface area contributed by atoms with Crippen LogP contribution in [-0.4, -0.2) is 0 Å². The summed E-state index contributed by atoms with van der Waals surface area (Å²) in [7, 11) is 0. The van der Waals surface area contributed by atoms with Gasteiger partial charge in [-0.15, -0.1) is 0 Å². The fourth-order valence-electron chi connectivity index (χ4n) is 5.72. The molecule has 0 aliphatic rings. The molecule has 0 aromatic heterocycles. The number of benzene rings is 6. The van der Waals surface area contributed by atoms with E-state index in [-0.39, 0.29) is 0 Å². The van der Waals surface area contributed by atoms with E-state index in [9.17, 15) is 0 Å². The largest absolute Gasteiger partial charge is 0.310 e. The minimum absolute atomic E-state index is 1.11. The van der Waals surface area contributed by atoms with E-state index in [0.717, 1.165) is 11.4 Å². The molecule has 6 aromatic carbocycles. The summed E-state index contributed by atoms with van der Waals surface area (Å²) >= 11 is 0. The van der Waals surface area contributed by atoms with E-state index in [2.05, 4.69) is 183 Å². The van der Waals surface area contributed by atoms with Gasteiger partial charge >= 0.3 is 0 Å². The molecular formula is C40H36N2. The van der Waals surface area contributed by atoms with Gasteiger partial charge in [-0.1, -0.05) is 103 Å². The van der Waals surface area contributed by atoms with Gasteiger partial charge in [0.1, 0.15) is 0 Å². The molecule has 6 rings (SSSR count). The lowest BCUT2D eigenvalue weighted by atomic mass is 10.0. The van der Waals surface area contributed by atoms with Crippen molar-refractivity contribution in [1.29, 1.82) is 0 Å². The van der Waals surface area contributed by atoms with E-state index in [1.165, 1.54) is 56.1 Å². The smallest absolute Gasteiger partial charge is 0.0490 e. The monoisotopic (exact) mass is 544 g/mol. The van der Waals surface area contributed by atoms with Crippen LogP contribution in [0.2, 0.25) is 0 Å². The Kier molecular flexibility index (Phi) is 7.62. The maximum absolute atomic E-state index is 2.41. The molecule has 0 fully saturated rings. The number of anilines is 6. The Bertz CT molecular complexity index is 1630. The first kappa shape index (κ1) is 27.1. The highest BCUT2D eigenvalue weighted by Crippen LogP contribution is 2.45. The van der Waals surface area contributed by atoms with Crippen molar-refractivity contribution in [2.24, 2.45) is 0 Å². The molecule has 206 valence electrons. The van der Waals surface area contributed by atoms with Crippen molar-refractivity contribution in [2.45, 2.75) is 27.7 Å². The second-order valence-electron chi connectivity index (χ2n) is 10.9. The molecule has 0 unspecified atom stereocenters. The third kappa shape index (κ3) is 5.32. The fourth-order valence-corrected chi connectivity index (χ4v) is 5.72. The molecule has 0 atom stereocenters. The summed E-state index contributed by atoms with van der Waals surface area (Å²) in [6.07, 6.45) is 0. The second kappa shape index (κ2) is 11.8. The van der Waals surface area contributed by atoms with Gasteiger partial charge in [0.25, 0.3) is 0 Å². The lowest BCUT2D eigenvalue weighted by Crippen LogP contribution is -2.16. The standard InChI is InChI=1S/C40H36N2/c1-29-16-8-12-22-37(29)41(38-23-13-9-17-30(38)2)35-26-34(33-20-6-5-7-21-33)27-36(28-35)42(39-24-14-10-18-31(39)3)40-25-15-11-19-32(40)4/h5-28H,1-4H3. The van der Waals surface area contributed by atoms with Gasteiger partial charge in [-0.05, 0) is 104 Å². The van der Waals surface area contributed by atoms with Crippen molar-refractivity contribution in [3.8, 4) is 11.1 Å².